The molecule has 100 valence electrons. The number of hydrogen-bond donors (Lipinski definition) is 1. The van der Waals surface area contributed by atoms with Crippen molar-refractivity contribution in [1.82, 2.24) is 10.2 Å². The molecule has 2 aliphatic rings. The molecule has 2 saturated heterocycles. The molecule has 2 aliphatic heterocycles. The number of rotatable bonds is 2. The van der Waals surface area contributed by atoms with Gasteiger partial charge in [-0.25, -0.2) is 0 Å². The first-order chi connectivity index (χ1) is 8.04. The normalized spacial score (nSPS) is 44.8. The van der Waals surface area contributed by atoms with Crippen molar-refractivity contribution in [3.8, 4) is 0 Å². The third-order valence-electron chi connectivity index (χ3n) is 4.63. The van der Waals surface area contributed by atoms with Crippen molar-refractivity contribution in [2.75, 3.05) is 19.7 Å². The molecule has 0 aromatic carbocycles. The summed E-state index contributed by atoms with van der Waals surface area (Å²) in [6.07, 6.45) is 4.04. The van der Waals surface area contributed by atoms with Gasteiger partial charge in [-0.2, -0.15) is 0 Å². The summed E-state index contributed by atoms with van der Waals surface area (Å²) in [4.78, 5) is 2.72. The number of ether oxygens (including phenoxy) is 1. The van der Waals surface area contributed by atoms with Gasteiger partial charge < -0.3 is 10.1 Å². The van der Waals surface area contributed by atoms with Crippen LogP contribution in [0.1, 0.15) is 47.0 Å². The molecule has 0 radical (unpaired) electrons. The van der Waals surface area contributed by atoms with Crippen LogP contribution in [0.2, 0.25) is 0 Å². The Morgan fingerprint density at radius 3 is 2.82 bits per heavy atom. The molecule has 3 heteroatoms. The number of hydrogen-bond acceptors (Lipinski definition) is 3. The highest BCUT2D eigenvalue weighted by Crippen LogP contribution is 2.26. The lowest BCUT2D eigenvalue weighted by atomic mass is 9.90. The lowest BCUT2D eigenvalue weighted by molar-refractivity contribution is -0.0435. The minimum atomic E-state index is 0.300. The van der Waals surface area contributed by atoms with Gasteiger partial charge in [0, 0.05) is 37.3 Å². The minimum absolute atomic E-state index is 0.300. The molecular weight excluding hydrogens is 212 g/mol. The van der Waals surface area contributed by atoms with E-state index in [-0.39, 0.29) is 0 Å². The smallest absolute Gasteiger partial charge is 0.0561 e. The molecule has 0 saturated carbocycles. The summed E-state index contributed by atoms with van der Waals surface area (Å²) in [5.74, 6) is 0. The second kappa shape index (κ2) is 5.25. The zero-order valence-electron chi connectivity index (χ0n) is 11.8. The van der Waals surface area contributed by atoms with E-state index in [0.29, 0.717) is 17.7 Å². The third kappa shape index (κ3) is 3.01. The van der Waals surface area contributed by atoms with Gasteiger partial charge in [0.25, 0.3) is 0 Å². The van der Waals surface area contributed by atoms with Crippen LogP contribution in [0.4, 0.5) is 0 Å². The molecule has 2 rings (SSSR count). The van der Waals surface area contributed by atoms with E-state index in [4.69, 9.17) is 4.74 Å². The quantitative estimate of drug-likeness (QED) is 0.799. The van der Waals surface area contributed by atoms with Crippen LogP contribution in [0.15, 0.2) is 0 Å². The molecule has 4 unspecified atom stereocenters. The Hall–Kier alpha value is -0.120. The van der Waals surface area contributed by atoms with E-state index in [2.05, 4.69) is 37.9 Å². The highest BCUT2D eigenvalue weighted by Gasteiger charge is 2.37. The van der Waals surface area contributed by atoms with Gasteiger partial charge >= 0.3 is 0 Å². The van der Waals surface area contributed by atoms with Crippen LogP contribution in [0.25, 0.3) is 0 Å². The lowest BCUT2D eigenvalue weighted by Gasteiger charge is -2.49. The molecule has 0 aromatic heterocycles. The van der Waals surface area contributed by atoms with E-state index in [1.54, 1.807) is 0 Å². The van der Waals surface area contributed by atoms with E-state index < -0.39 is 0 Å². The fourth-order valence-corrected chi connectivity index (χ4v) is 3.13. The SMILES string of the molecule is CCC1(C)CN(C2CCOC(C)C2)C(C)CN1. The summed E-state index contributed by atoms with van der Waals surface area (Å²) >= 11 is 0. The maximum Gasteiger partial charge on any atom is 0.0561 e. The molecule has 2 fully saturated rings. The number of nitrogens with zero attached hydrogens (tertiary/aromatic N) is 1. The van der Waals surface area contributed by atoms with E-state index in [9.17, 15) is 0 Å². The second-order valence-electron chi connectivity index (χ2n) is 6.18. The summed E-state index contributed by atoms with van der Waals surface area (Å²) in [5.41, 5.74) is 0.300. The Kier molecular flexibility index (Phi) is 4.11. The Balaban J connectivity index is 2.01. The monoisotopic (exact) mass is 240 g/mol. The largest absolute Gasteiger partial charge is 0.378 e. The fourth-order valence-electron chi connectivity index (χ4n) is 3.13. The zero-order chi connectivity index (χ0) is 12.5. The summed E-state index contributed by atoms with van der Waals surface area (Å²) in [6, 6.07) is 1.38. The first kappa shape index (κ1) is 13.3. The predicted octanol–water partition coefficient (Wildman–Crippen LogP) is 2.02. The van der Waals surface area contributed by atoms with Crippen LogP contribution < -0.4 is 5.32 Å². The molecule has 0 aliphatic carbocycles. The van der Waals surface area contributed by atoms with Gasteiger partial charge in [0.15, 0.2) is 0 Å². The minimum Gasteiger partial charge on any atom is -0.378 e. The van der Waals surface area contributed by atoms with Gasteiger partial charge in [0.1, 0.15) is 0 Å². The molecule has 0 bridgehead atoms. The molecule has 4 atom stereocenters. The summed E-state index contributed by atoms with van der Waals surface area (Å²) in [7, 11) is 0. The summed E-state index contributed by atoms with van der Waals surface area (Å²) in [5, 5.41) is 3.70. The van der Waals surface area contributed by atoms with Gasteiger partial charge in [0.2, 0.25) is 0 Å². The van der Waals surface area contributed by atoms with E-state index in [1.165, 1.54) is 25.8 Å². The first-order valence-electron chi connectivity index (χ1n) is 7.16. The van der Waals surface area contributed by atoms with Crippen LogP contribution in [-0.2, 0) is 4.74 Å². The van der Waals surface area contributed by atoms with Gasteiger partial charge in [-0.15, -0.1) is 0 Å². The maximum atomic E-state index is 5.67. The van der Waals surface area contributed by atoms with Crippen molar-refractivity contribution < 1.29 is 4.74 Å². The van der Waals surface area contributed by atoms with Gasteiger partial charge in [-0.1, -0.05) is 6.92 Å². The van der Waals surface area contributed by atoms with Crippen LogP contribution >= 0.6 is 0 Å². The van der Waals surface area contributed by atoms with Gasteiger partial charge in [-0.05, 0) is 40.0 Å². The van der Waals surface area contributed by atoms with Crippen LogP contribution in [-0.4, -0.2) is 48.3 Å². The number of piperazine rings is 1. The average Bonchev–Trinajstić information content (AvgIpc) is 2.33. The molecule has 2 heterocycles. The molecule has 0 amide bonds. The van der Waals surface area contributed by atoms with E-state index >= 15 is 0 Å². The van der Waals surface area contributed by atoms with Gasteiger partial charge in [0.05, 0.1) is 6.10 Å². The Morgan fingerprint density at radius 2 is 2.18 bits per heavy atom. The van der Waals surface area contributed by atoms with Crippen molar-refractivity contribution in [3.05, 3.63) is 0 Å². The second-order valence-corrected chi connectivity index (χ2v) is 6.18. The third-order valence-corrected chi connectivity index (χ3v) is 4.63. The van der Waals surface area contributed by atoms with Crippen molar-refractivity contribution in [2.45, 2.75) is 70.7 Å². The lowest BCUT2D eigenvalue weighted by Crippen LogP contribution is -2.64. The van der Waals surface area contributed by atoms with Crippen LogP contribution in [0.3, 0.4) is 0 Å². The van der Waals surface area contributed by atoms with E-state index in [1.807, 2.05) is 0 Å². The highest BCUT2D eigenvalue weighted by atomic mass is 16.5. The van der Waals surface area contributed by atoms with Crippen LogP contribution in [0.5, 0.6) is 0 Å². The Morgan fingerprint density at radius 1 is 1.41 bits per heavy atom. The van der Waals surface area contributed by atoms with Gasteiger partial charge in [-0.3, -0.25) is 4.90 Å². The maximum absolute atomic E-state index is 5.67. The average molecular weight is 240 g/mol. The van der Waals surface area contributed by atoms with Crippen molar-refractivity contribution in [3.63, 3.8) is 0 Å². The highest BCUT2D eigenvalue weighted by molar-refractivity contribution is 4.96. The molecule has 3 nitrogen and oxygen atoms in total. The Labute approximate surface area is 106 Å². The van der Waals surface area contributed by atoms with Crippen LogP contribution in [0, 0.1) is 0 Å². The van der Waals surface area contributed by atoms with Crippen molar-refractivity contribution in [2.24, 2.45) is 0 Å². The zero-order valence-corrected chi connectivity index (χ0v) is 11.8. The molecular formula is C14H28N2O. The van der Waals surface area contributed by atoms with E-state index in [0.717, 1.165) is 19.2 Å². The Bertz CT molecular complexity index is 259. The summed E-state index contributed by atoms with van der Waals surface area (Å²) < 4.78 is 5.67. The standard InChI is InChI=1S/C14H28N2O/c1-5-14(4)10-16(11(2)9-15-14)13-6-7-17-12(3)8-13/h11-13,15H,5-10H2,1-4H3. The molecule has 17 heavy (non-hydrogen) atoms. The first-order valence-corrected chi connectivity index (χ1v) is 7.16. The molecule has 0 aromatic rings. The predicted molar refractivity (Wildman–Crippen MR) is 71.3 cm³/mol. The molecule has 1 N–H and O–H groups in total. The van der Waals surface area contributed by atoms with Crippen molar-refractivity contribution in [1.29, 1.82) is 0 Å². The topological polar surface area (TPSA) is 24.5 Å². The summed E-state index contributed by atoms with van der Waals surface area (Å²) in [6.45, 7) is 12.4. The fraction of sp³-hybridized carbons (Fsp3) is 1.00. The van der Waals surface area contributed by atoms with Crippen molar-refractivity contribution >= 4 is 0 Å². The molecule has 0 spiro atoms. The number of nitrogens with one attached hydrogen (secondary N) is 1.